The van der Waals surface area contributed by atoms with Gasteiger partial charge in [-0.1, -0.05) is 19.9 Å². The van der Waals surface area contributed by atoms with Crippen molar-refractivity contribution in [3.8, 4) is 6.07 Å². The molecule has 1 aromatic carbocycles. The Labute approximate surface area is 95.9 Å². The number of hydrogen-bond donors (Lipinski definition) is 0. The molecule has 1 aliphatic rings. The summed E-state index contributed by atoms with van der Waals surface area (Å²) < 4.78 is 13.5. The van der Waals surface area contributed by atoms with Gasteiger partial charge in [0.15, 0.2) is 0 Å². The number of nitriles is 1. The summed E-state index contributed by atoms with van der Waals surface area (Å²) in [7, 11) is 0. The molecule has 0 amide bonds. The van der Waals surface area contributed by atoms with E-state index in [1.54, 1.807) is 6.07 Å². The van der Waals surface area contributed by atoms with Crippen LogP contribution in [-0.4, -0.2) is 0 Å². The summed E-state index contributed by atoms with van der Waals surface area (Å²) in [5.41, 5.74) is 1.44. The van der Waals surface area contributed by atoms with Gasteiger partial charge in [-0.05, 0) is 48.4 Å². The van der Waals surface area contributed by atoms with Crippen LogP contribution in [-0.2, 0) is 5.41 Å². The predicted molar refractivity (Wildman–Crippen MR) is 61.6 cm³/mol. The number of rotatable bonds is 2. The van der Waals surface area contributed by atoms with E-state index in [-0.39, 0.29) is 5.82 Å². The fourth-order valence-electron chi connectivity index (χ4n) is 2.22. The molecule has 0 spiro atoms. The lowest BCUT2D eigenvalue weighted by atomic mass is 9.65. The summed E-state index contributed by atoms with van der Waals surface area (Å²) >= 11 is 0. The zero-order valence-electron chi connectivity index (χ0n) is 9.76. The normalized spacial score (nSPS) is 17.9. The lowest BCUT2D eigenvalue weighted by Crippen LogP contribution is -2.32. The standard InChI is InChI=1S/C14H16FN/c1-10(2)11-6-12(8-13(15)7-11)14(9-16)4-3-5-14/h6-8,10H,3-5H2,1-2H3. The Morgan fingerprint density at radius 1 is 1.31 bits per heavy atom. The van der Waals surface area contributed by atoms with Crippen LogP contribution in [0.4, 0.5) is 4.39 Å². The van der Waals surface area contributed by atoms with Crippen molar-refractivity contribution >= 4 is 0 Å². The quantitative estimate of drug-likeness (QED) is 0.737. The van der Waals surface area contributed by atoms with Crippen LogP contribution in [0.3, 0.4) is 0 Å². The topological polar surface area (TPSA) is 23.8 Å². The molecule has 0 N–H and O–H groups in total. The smallest absolute Gasteiger partial charge is 0.123 e. The lowest BCUT2D eigenvalue weighted by Gasteiger charge is -2.36. The highest BCUT2D eigenvalue weighted by atomic mass is 19.1. The summed E-state index contributed by atoms with van der Waals surface area (Å²) in [6.45, 7) is 4.08. The average molecular weight is 217 g/mol. The van der Waals surface area contributed by atoms with Crippen LogP contribution in [0.15, 0.2) is 18.2 Å². The number of halogens is 1. The first-order valence-corrected chi connectivity index (χ1v) is 5.80. The average Bonchev–Trinajstić information content (AvgIpc) is 2.16. The van der Waals surface area contributed by atoms with Gasteiger partial charge in [0.25, 0.3) is 0 Å². The minimum Gasteiger partial charge on any atom is -0.207 e. The van der Waals surface area contributed by atoms with Crippen LogP contribution in [0.25, 0.3) is 0 Å². The van der Waals surface area contributed by atoms with Crippen LogP contribution in [0.5, 0.6) is 0 Å². The first-order valence-electron chi connectivity index (χ1n) is 5.80. The van der Waals surface area contributed by atoms with Crippen molar-refractivity contribution < 1.29 is 4.39 Å². The van der Waals surface area contributed by atoms with Gasteiger partial charge in [0.2, 0.25) is 0 Å². The molecule has 0 saturated heterocycles. The lowest BCUT2D eigenvalue weighted by molar-refractivity contribution is 0.322. The largest absolute Gasteiger partial charge is 0.207 e. The third kappa shape index (κ3) is 1.71. The highest BCUT2D eigenvalue weighted by Crippen LogP contribution is 2.43. The SMILES string of the molecule is CC(C)c1cc(F)cc(C2(C#N)CCC2)c1. The molecule has 2 rings (SSSR count). The van der Waals surface area contributed by atoms with Crippen molar-refractivity contribution in [2.24, 2.45) is 0 Å². The van der Waals surface area contributed by atoms with Crippen molar-refractivity contribution in [2.45, 2.75) is 44.4 Å². The van der Waals surface area contributed by atoms with Crippen molar-refractivity contribution in [1.29, 1.82) is 5.26 Å². The summed E-state index contributed by atoms with van der Waals surface area (Å²) in [5, 5.41) is 9.24. The number of benzene rings is 1. The summed E-state index contributed by atoms with van der Waals surface area (Å²) in [4.78, 5) is 0. The van der Waals surface area contributed by atoms with Crippen molar-refractivity contribution in [3.63, 3.8) is 0 Å². The second kappa shape index (κ2) is 3.90. The second-order valence-electron chi connectivity index (χ2n) is 4.98. The summed E-state index contributed by atoms with van der Waals surface area (Å²) in [6.07, 6.45) is 2.80. The molecule has 1 aliphatic carbocycles. The van der Waals surface area contributed by atoms with Crippen LogP contribution >= 0.6 is 0 Å². The molecule has 0 aromatic heterocycles. The minimum absolute atomic E-state index is 0.220. The van der Waals surface area contributed by atoms with Gasteiger partial charge in [0.1, 0.15) is 5.82 Å². The molecule has 1 saturated carbocycles. The van der Waals surface area contributed by atoms with Gasteiger partial charge in [-0.2, -0.15) is 5.26 Å². The molecular weight excluding hydrogens is 201 g/mol. The Balaban J connectivity index is 2.45. The van der Waals surface area contributed by atoms with Crippen LogP contribution in [0.1, 0.15) is 50.2 Å². The highest BCUT2D eigenvalue weighted by Gasteiger charge is 2.39. The van der Waals surface area contributed by atoms with Crippen molar-refractivity contribution in [2.75, 3.05) is 0 Å². The zero-order valence-corrected chi connectivity index (χ0v) is 9.76. The van der Waals surface area contributed by atoms with Gasteiger partial charge in [-0.15, -0.1) is 0 Å². The molecule has 1 aromatic rings. The van der Waals surface area contributed by atoms with E-state index < -0.39 is 5.41 Å². The monoisotopic (exact) mass is 217 g/mol. The van der Waals surface area contributed by atoms with Crippen molar-refractivity contribution in [3.05, 3.63) is 35.1 Å². The molecular formula is C14H16FN. The molecule has 0 heterocycles. The molecule has 0 aliphatic heterocycles. The van der Waals surface area contributed by atoms with E-state index in [0.29, 0.717) is 5.92 Å². The number of nitrogens with zero attached hydrogens (tertiary/aromatic N) is 1. The van der Waals surface area contributed by atoms with Gasteiger partial charge in [-0.3, -0.25) is 0 Å². The molecule has 0 unspecified atom stereocenters. The Bertz CT molecular complexity index is 439. The fourth-order valence-corrected chi connectivity index (χ4v) is 2.22. The van der Waals surface area contributed by atoms with Crippen LogP contribution in [0, 0.1) is 17.1 Å². The van der Waals surface area contributed by atoms with E-state index in [2.05, 4.69) is 6.07 Å². The van der Waals surface area contributed by atoms with E-state index in [4.69, 9.17) is 0 Å². The van der Waals surface area contributed by atoms with E-state index >= 15 is 0 Å². The Morgan fingerprint density at radius 3 is 2.44 bits per heavy atom. The molecule has 0 atom stereocenters. The van der Waals surface area contributed by atoms with Gasteiger partial charge in [0, 0.05) is 0 Å². The predicted octanol–water partition coefficient (Wildman–Crippen LogP) is 3.89. The Morgan fingerprint density at radius 2 is 2.00 bits per heavy atom. The Hall–Kier alpha value is -1.36. The van der Waals surface area contributed by atoms with Crippen molar-refractivity contribution in [1.82, 2.24) is 0 Å². The van der Waals surface area contributed by atoms with Gasteiger partial charge in [0.05, 0.1) is 11.5 Å². The van der Waals surface area contributed by atoms with E-state index in [0.717, 1.165) is 30.4 Å². The first-order chi connectivity index (χ1) is 7.57. The van der Waals surface area contributed by atoms with Gasteiger partial charge < -0.3 is 0 Å². The third-order valence-electron chi connectivity index (χ3n) is 3.56. The maximum Gasteiger partial charge on any atom is 0.123 e. The maximum absolute atomic E-state index is 13.5. The third-order valence-corrected chi connectivity index (χ3v) is 3.56. The van der Waals surface area contributed by atoms with Gasteiger partial charge in [-0.25, -0.2) is 4.39 Å². The van der Waals surface area contributed by atoms with Crippen LogP contribution < -0.4 is 0 Å². The molecule has 1 fully saturated rings. The first kappa shape index (κ1) is 11.1. The molecule has 16 heavy (non-hydrogen) atoms. The molecule has 1 nitrogen and oxygen atoms in total. The van der Waals surface area contributed by atoms with Gasteiger partial charge >= 0.3 is 0 Å². The Kier molecular flexibility index (Phi) is 2.71. The second-order valence-corrected chi connectivity index (χ2v) is 4.98. The van der Waals surface area contributed by atoms with E-state index in [1.807, 2.05) is 19.9 Å². The molecule has 0 bridgehead atoms. The van der Waals surface area contributed by atoms with E-state index in [9.17, 15) is 9.65 Å². The summed E-state index contributed by atoms with van der Waals surface area (Å²) in [6, 6.07) is 7.44. The molecule has 2 heteroatoms. The van der Waals surface area contributed by atoms with E-state index in [1.165, 1.54) is 6.07 Å². The minimum atomic E-state index is -0.411. The van der Waals surface area contributed by atoms with Crippen LogP contribution in [0.2, 0.25) is 0 Å². The summed E-state index contributed by atoms with van der Waals surface area (Å²) in [5.74, 6) is 0.0768. The maximum atomic E-state index is 13.5. The highest BCUT2D eigenvalue weighted by molar-refractivity contribution is 5.39. The zero-order chi connectivity index (χ0) is 11.8. The molecule has 84 valence electrons. The number of hydrogen-bond acceptors (Lipinski definition) is 1. The fraction of sp³-hybridized carbons (Fsp3) is 0.500. The molecule has 0 radical (unpaired) electrons.